The highest BCUT2D eigenvalue weighted by atomic mass is 32.1. The van der Waals surface area contributed by atoms with Crippen LogP contribution in [-0.4, -0.2) is 32.3 Å². The van der Waals surface area contributed by atoms with E-state index < -0.39 is 0 Å². The number of thiocarbonyl (C=S) groups is 1. The third kappa shape index (κ3) is 3.16. The molecule has 0 fully saturated rings. The minimum absolute atomic E-state index is 0.303. The summed E-state index contributed by atoms with van der Waals surface area (Å²) in [5.41, 5.74) is 3.32. The molecule has 1 atom stereocenters. The molecule has 0 unspecified atom stereocenters. The first-order valence-corrected chi connectivity index (χ1v) is 6.98. The molecule has 1 aliphatic heterocycles. The molecule has 21 heavy (non-hydrogen) atoms. The van der Waals surface area contributed by atoms with E-state index >= 15 is 0 Å². The van der Waals surface area contributed by atoms with Crippen LogP contribution in [-0.2, 0) is 9.53 Å². The van der Waals surface area contributed by atoms with E-state index in [-0.39, 0.29) is 12.0 Å². The molecule has 1 aromatic carbocycles. The predicted octanol–water partition coefficient (Wildman–Crippen LogP) is 1.72. The summed E-state index contributed by atoms with van der Waals surface area (Å²) < 4.78 is 4.88. The summed E-state index contributed by atoms with van der Waals surface area (Å²) in [5.74, 6) is -0.364. The molecule has 0 aliphatic carbocycles. The van der Waals surface area contributed by atoms with Crippen molar-refractivity contribution in [1.29, 1.82) is 0 Å². The third-order valence-corrected chi connectivity index (χ3v) is 3.64. The molecular weight excluding hydrogens is 286 g/mol. The average molecular weight is 305 g/mol. The van der Waals surface area contributed by atoms with Crippen molar-refractivity contribution >= 4 is 29.0 Å². The van der Waals surface area contributed by atoms with Gasteiger partial charge in [-0.3, -0.25) is 0 Å². The summed E-state index contributed by atoms with van der Waals surface area (Å²) in [4.78, 5) is 14.1. The summed E-state index contributed by atoms with van der Waals surface area (Å²) in [5, 5.41) is 6.59. The van der Waals surface area contributed by atoms with Crippen LogP contribution in [0.4, 0.5) is 5.69 Å². The molecule has 0 amide bonds. The number of rotatable bonds is 3. The number of hydrogen-bond donors (Lipinski definition) is 2. The number of methoxy groups -OCH3 is 1. The number of nitrogens with zero attached hydrogens (tertiary/aromatic N) is 1. The largest absolute Gasteiger partial charge is 0.466 e. The van der Waals surface area contributed by atoms with Crippen LogP contribution >= 0.6 is 12.2 Å². The first-order chi connectivity index (χ1) is 9.93. The molecule has 2 N–H and O–H groups in total. The highest BCUT2D eigenvalue weighted by Crippen LogP contribution is 2.28. The number of carbonyl (C=O) groups is 1. The molecule has 0 aromatic heterocycles. The van der Waals surface area contributed by atoms with Crippen LogP contribution in [0.25, 0.3) is 0 Å². The highest BCUT2D eigenvalue weighted by molar-refractivity contribution is 7.80. The van der Waals surface area contributed by atoms with E-state index in [1.54, 1.807) is 0 Å². The monoisotopic (exact) mass is 305 g/mol. The van der Waals surface area contributed by atoms with Gasteiger partial charge in [0.05, 0.1) is 18.7 Å². The zero-order valence-electron chi connectivity index (χ0n) is 12.6. The van der Waals surface area contributed by atoms with Crippen molar-refractivity contribution in [3.8, 4) is 0 Å². The van der Waals surface area contributed by atoms with Crippen LogP contribution < -0.4 is 15.5 Å². The Hall–Kier alpha value is -2.08. The lowest BCUT2D eigenvalue weighted by atomic mass is 9.95. The van der Waals surface area contributed by atoms with Gasteiger partial charge in [0.15, 0.2) is 5.11 Å². The maximum absolute atomic E-state index is 12.0. The fourth-order valence-corrected chi connectivity index (χ4v) is 2.56. The van der Waals surface area contributed by atoms with Gasteiger partial charge in [-0.15, -0.1) is 0 Å². The Morgan fingerprint density at radius 3 is 2.43 bits per heavy atom. The number of ether oxygens (including phenoxy) is 1. The molecule has 0 spiro atoms. The summed E-state index contributed by atoms with van der Waals surface area (Å²) in [6.45, 7) is 1.82. The van der Waals surface area contributed by atoms with Crippen molar-refractivity contribution < 1.29 is 9.53 Å². The number of esters is 1. The number of benzene rings is 1. The summed E-state index contributed by atoms with van der Waals surface area (Å²) in [6, 6.07) is 7.68. The fourth-order valence-electron chi connectivity index (χ4n) is 2.29. The standard InChI is InChI=1S/C15H19N3O2S/c1-9-12(14(19)20-4)13(17-15(21)16-9)10-5-7-11(8-6-10)18(2)3/h5-8,13H,1-4H3,(H2,16,17,21)/t13-/m1/s1. The molecule has 1 aliphatic rings. The van der Waals surface area contributed by atoms with Gasteiger partial charge in [-0.05, 0) is 36.8 Å². The van der Waals surface area contributed by atoms with Crippen molar-refractivity contribution in [2.24, 2.45) is 0 Å². The SMILES string of the molecule is COC(=O)C1=C(C)NC(=S)N[C@@H]1c1ccc(N(C)C)cc1. The van der Waals surface area contributed by atoms with Crippen molar-refractivity contribution in [2.75, 3.05) is 26.1 Å². The van der Waals surface area contributed by atoms with Gasteiger partial charge in [0.25, 0.3) is 0 Å². The van der Waals surface area contributed by atoms with Gasteiger partial charge in [0.1, 0.15) is 0 Å². The predicted molar refractivity (Wildman–Crippen MR) is 87.1 cm³/mol. The second kappa shape index (κ2) is 6.13. The van der Waals surface area contributed by atoms with Gasteiger partial charge in [-0.1, -0.05) is 12.1 Å². The second-order valence-corrected chi connectivity index (χ2v) is 5.46. The quantitative estimate of drug-likeness (QED) is 0.655. The normalized spacial score (nSPS) is 17.9. The molecule has 6 heteroatoms. The van der Waals surface area contributed by atoms with E-state index in [9.17, 15) is 4.79 Å². The van der Waals surface area contributed by atoms with E-state index in [1.807, 2.05) is 50.2 Å². The minimum Gasteiger partial charge on any atom is -0.466 e. The Morgan fingerprint density at radius 1 is 1.29 bits per heavy atom. The van der Waals surface area contributed by atoms with Gasteiger partial charge in [-0.2, -0.15) is 0 Å². The molecule has 1 heterocycles. The van der Waals surface area contributed by atoms with Gasteiger partial charge < -0.3 is 20.3 Å². The molecule has 112 valence electrons. The van der Waals surface area contributed by atoms with Gasteiger partial charge in [0, 0.05) is 25.5 Å². The van der Waals surface area contributed by atoms with E-state index in [0.717, 1.165) is 11.3 Å². The first-order valence-electron chi connectivity index (χ1n) is 6.58. The number of anilines is 1. The Kier molecular flexibility index (Phi) is 4.47. The van der Waals surface area contributed by atoms with Gasteiger partial charge >= 0.3 is 5.97 Å². The zero-order chi connectivity index (χ0) is 15.6. The zero-order valence-corrected chi connectivity index (χ0v) is 13.4. The summed E-state index contributed by atoms with van der Waals surface area (Å²) in [7, 11) is 5.34. The number of carbonyl (C=O) groups excluding carboxylic acids is 1. The Bertz CT molecular complexity index is 593. The van der Waals surface area contributed by atoms with Crippen molar-refractivity contribution in [3.63, 3.8) is 0 Å². The molecule has 0 saturated heterocycles. The lowest BCUT2D eigenvalue weighted by Crippen LogP contribution is -2.45. The minimum atomic E-state index is -0.364. The van der Waals surface area contributed by atoms with Crippen LogP contribution in [0.15, 0.2) is 35.5 Å². The van der Waals surface area contributed by atoms with E-state index in [4.69, 9.17) is 17.0 Å². The van der Waals surface area contributed by atoms with E-state index in [2.05, 4.69) is 10.6 Å². The van der Waals surface area contributed by atoms with Crippen molar-refractivity contribution in [3.05, 3.63) is 41.1 Å². The topological polar surface area (TPSA) is 53.6 Å². The molecule has 2 rings (SSSR count). The second-order valence-electron chi connectivity index (χ2n) is 5.05. The third-order valence-electron chi connectivity index (χ3n) is 3.42. The molecule has 1 aromatic rings. The highest BCUT2D eigenvalue weighted by Gasteiger charge is 2.30. The molecule has 5 nitrogen and oxygen atoms in total. The van der Waals surface area contributed by atoms with Crippen LogP contribution in [0.5, 0.6) is 0 Å². The summed E-state index contributed by atoms with van der Waals surface area (Å²) >= 11 is 5.19. The van der Waals surface area contributed by atoms with E-state index in [0.29, 0.717) is 16.4 Å². The van der Waals surface area contributed by atoms with Crippen LogP contribution in [0.3, 0.4) is 0 Å². The van der Waals surface area contributed by atoms with Gasteiger partial charge in [-0.25, -0.2) is 4.79 Å². The van der Waals surface area contributed by atoms with Crippen LogP contribution in [0.1, 0.15) is 18.5 Å². The fraction of sp³-hybridized carbons (Fsp3) is 0.333. The van der Waals surface area contributed by atoms with Gasteiger partial charge in [0.2, 0.25) is 0 Å². The Balaban J connectivity index is 2.41. The first kappa shape index (κ1) is 15.3. The lowest BCUT2D eigenvalue weighted by Gasteiger charge is -2.29. The number of nitrogens with one attached hydrogen (secondary N) is 2. The molecular formula is C15H19N3O2S. The number of hydrogen-bond acceptors (Lipinski definition) is 4. The summed E-state index contributed by atoms with van der Waals surface area (Å²) in [6.07, 6.45) is 0. The maximum atomic E-state index is 12.0. The maximum Gasteiger partial charge on any atom is 0.337 e. The molecule has 0 bridgehead atoms. The van der Waals surface area contributed by atoms with Crippen LogP contribution in [0, 0.1) is 0 Å². The average Bonchev–Trinajstić information content (AvgIpc) is 2.45. The smallest absolute Gasteiger partial charge is 0.337 e. The molecule has 0 saturated carbocycles. The lowest BCUT2D eigenvalue weighted by molar-refractivity contribution is -0.136. The molecule has 0 radical (unpaired) electrons. The number of allylic oxidation sites excluding steroid dienone is 1. The Morgan fingerprint density at radius 2 is 1.90 bits per heavy atom. The van der Waals surface area contributed by atoms with Crippen molar-refractivity contribution in [1.82, 2.24) is 10.6 Å². The van der Waals surface area contributed by atoms with Crippen molar-refractivity contribution in [2.45, 2.75) is 13.0 Å². The Labute approximate surface area is 130 Å². The van der Waals surface area contributed by atoms with E-state index in [1.165, 1.54) is 7.11 Å². The van der Waals surface area contributed by atoms with Crippen LogP contribution in [0.2, 0.25) is 0 Å².